The second-order valence-corrected chi connectivity index (χ2v) is 4.77. The molecule has 90 valence electrons. The molecule has 2 atom stereocenters. The average Bonchev–Trinajstić information content (AvgIpc) is 2.77. The van der Waals surface area contributed by atoms with Gasteiger partial charge in [0.05, 0.1) is 0 Å². The Bertz CT molecular complexity index is 336. The first kappa shape index (κ1) is 11.5. The van der Waals surface area contributed by atoms with Crippen molar-refractivity contribution in [2.45, 2.75) is 44.7 Å². The SMILES string of the molecule is CC(N)Cc1noc(CC2CCCN2C)n1. The number of likely N-dealkylation sites (N-methyl/N-ethyl adjacent to an activating group) is 1. The van der Waals surface area contributed by atoms with E-state index in [-0.39, 0.29) is 6.04 Å². The summed E-state index contributed by atoms with van der Waals surface area (Å²) in [6.45, 7) is 3.12. The first-order valence-corrected chi connectivity index (χ1v) is 5.92. The molecule has 2 N–H and O–H groups in total. The molecule has 1 fully saturated rings. The molecular formula is C11H20N4O. The highest BCUT2D eigenvalue weighted by molar-refractivity contribution is 4.93. The van der Waals surface area contributed by atoms with Crippen LogP contribution in [-0.2, 0) is 12.8 Å². The summed E-state index contributed by atoms with van der Waals surface area (Å²) < 4.78 is 5.23. The van der Waals surface area contributed by atoms with Crippen LogP contribution in [-0.4, -0.2) is 40.7 Å². The highest BCUT2D eigenvalue weighted by Crippen LogP contribution is 2.18. The van der Waals surface area contributed by atoms with Gasteiger partial charge in [-0.1, -0.05) is 5.16 Å². The second-order valence-electron chi connectivity index (χ2n) is 4.77. The lowest BCUT2D eigenvalue weighted by Gasteiger charge is -2.16. The number of nitrogens with two attached hydrogens (primary N) is 1. The molecule has 16 heavy (non-hydrogen) atoms. The van der Waals surface area contributed by atoms with Crippen molar-refractivity contribution in [3.05, 3.63) is 11.7 Å². The number of hydrogen-bond donors (Lipinski definition) is 1. The topological polar surface area (TPSA) is 68.2 Å². The van der Waals surface area contributed by atoms with Crippen molar-refractivity contribution in [1.29, 1.82) is 0 Å². The monoisotopic (exact) mass is 224 g/mol. The Kier molecular flexibility index (Phi) is 3.56. The van der Waals surface area contributed by atoms with Crippen LogP contribution in [0.1, 0.15) is 31.5 Å². The lowest BCUT2D eigenvalue weighted by Crippen LogP contribution is -2.27. The fourth-order valence-electron chi connectivity index (χ4n) is 2.18. The van der Waals surface area contributed by atoms with Crippen molar-refractivity contribution < 1.29 is 4.52 Å². The number of nitrogens with zero attached hydrogens (tertiary/aromatic N) is 3. The Morgan fingerprint density at radius 1 is 1.62 bits per heavy atom. The summed E-state index contributed by atoms with van der Waals surface area (Å²) in [6, 6.07) is 0.642. The summed E-state index contributed by atoms with van der Waals surface area (Å²) in [5, 5.41) is 3.94. The third kappa shape index (κ3) is 2.80. The molecule has 1 saturated heterocycles. The Labute approximate surface area is 96.0 Å². The van der Waals surface area contributed by atoms with Crippen molar-refractivity contribution in [2.75, 3.05) is 13.6 Å². The minimum atomic E-state index is 0.0830. The predicted molar refractivity (Wildman–Crippen MR) is 61.0 cm³/mol. The van der Waals surface area contributed by atoms with Gasteiger partial charge in [-0.25, -0.2) is 0 Å². The van der Waals surface area contributed by atoms with Crippen LogP contribution in [0.2, 0.25) is 0 Å². The van der Waals surface area contributed by atoms with Gasteiger partial charge in [-0.05, 0) is 33.4 Å². The zero-order valence-electron chi connectivity index (χ0n) is 10.0. The molecule has 2 heterocycles. The van der Waals surface area contributed by atoms with Gasteiger partial charge in [-0.15, -0.1) is 0 Å². The molecule has 2 rings (SSSR count). The van der Waals surface area contributed by atoms with E-state index in [9.17, 15) is 0 Å². The van der Waals surface area contributed by atoms with Crippen molar-refractivity contribution in [1.82, 2.24) is 15.0 Å². The van der Waals surface area contributed by atoms with E-state index in [1.807, 2.05) is 6.92 Å². The standard InChI is InChI=1S/C11H20N4O/c1-8(12)6-10-13-11(16-14-10)7-9-4-3-5-15(9)2/h8-9H,3-7,12H2,1-2H3. The molecule has 0 aliphatic carbocycles. The van der Waals surface area contributed by atoms with Crippen LogP contribution in [0, 0.1) is 0 Å². The fraction of sp³-hybridized carbons (Fsp3) is 0.818. The minimum absolute atomic E-state index is 0.0830. The average molecular weight is 224 g/mol. The normalized spacial score (nSPS) is 23.8. The van der Waals surface area contributed by atoms with Crippen molar-refractivity contribution >= 4 is 0 Å². The molecule has 1 aliphatic rings. The van der Waals surface area contributed by atoms with Gasteiger partial charge in [-0.3, -0.25) is 0 Å². The molecule has 5 nitrogen and oxygen atoms in total. The Morgan fingerprint density at radius 3 is 3.06 bits per heavy atom. The first-order valence-electron chi connectivity index (χ1n) is 5.92. The van der Waals surface area contributed by atoms with E-state index in [0.717, 1.165) is 18.1 Å². The molecule has 0 radical (unpaired) electrons. The van der Waals surface area contributed by atoms with Gasteiger partial charge in [0, 0.05) is 24.9 Å². The third-order valence-electron chi connectivity index (χ3n) is 3.10. The lowest BCUT2D eigenvalue weighted by atomic mass is 10.1. The highest BCUT2D eigenvalue weighted by Gasteiger charge is 2.23. The summed E-state index contributed by atoms with van der Waals surface area (Å²) in [5.74, 6) is 1.47. The fourth-order valence-corrected chi connectivity index (χ4v) is 2.18. The van der Waals surface area contributed by atoms with E-state index in [0.29, 0.717) is 12.5 Å². The van der Waals surface area contributed by atoms with E-state index >= 15 is 0 Å². The first-order chi connectivity index (χ1) is 7.65. The number of rotatable bonds is 4. The Hall–Kier alpha value is -0.940. The van der Waals surface area contributed by atoms with Crippen molar-refractivity contribution in [3.8, 4) is 0 Å². The zero-order valence-corrected chi connectivity index (χ0v) is 10.0. The molecule has 0 aromatic carbocycles. The molecule has 0 amide bonds. The maximum atomic E-state index is 5.69. The van der Waals surface area contributed by atoms with E-state index < -0.39 is 0 Å². The van der Waals surface area contributed by atoms with Crippen molar-refractivity contribution in [2.24, 2.45) is 5.73 Å². The molecule has 0 bridgehead atoms. The summed E-state index contributed by atoms with van der Waals surface area (Å²) >= 11 is 0. The van der Waals surface area contributed by atoms with Crippen LogP contribution in [0.15, 0.2) is 4.52 Å². The van der Waals surface area contributed by atoms with Crippen LogP contribution >= 0.6 is 0 Å². The molecule has 0 saturated carbocycles. The molecule has 1 aromatic heterocycles. The van der Waals surface area contributed by atoms with Gasteiger partial charge >= 0.3 is 0 Å². The van der Waals surface area contributed by atoms with Crippen LogP contribution in [0.4, 0.5) is 0 Å². The van der Waals surface area contributed by atoms with Gasteiger partial charge in [0.2, 0.25) is 5.89 Å². The molecular weight excluding hydrogens is 204 g/mol. The van der Waals surface area contributed by atoms with Crippen LogP contribution in [0.5, 0.6) is 0 Å². The summed E-state index contributed by atoms with van der Waals surface area (Å²) in [6.07, 6.45) is 4.04. The molecule has 1 aromatic rings. The van der Waals surface area contributed by atoms with E-state index in [1.165, 1.54) is 19.4 Å². The Morgan fingerprint density at radius 2 is 2.44 bits per heavy atom. The van der Waals surface area contributed by atoms with E-state index in [4.69, 9.17) is 10.3 Å². The van der Waals surface area contributed by atoms with Crippen LogP contribution in [0.25, 0.3) is 0 Å². The smallest absolute Gasteiger partial charge is 0.228 e. The second kappa shape index (κ2) is 4.93. The van der Waals surface area contributed by atoms with Gasteiger partial charge in [0.15, 0.2) is 5.82 Å². The Balaban J connectivity index is 1.92. The molecule has 2 unspecified atom stereocenters. The molecule has 5 heteroatoms. The predicted octanol–water partition coefficient (Wildman–Crippen LogP) is 0.596. The van der Waals surface area contributed by atoms with Crippen molar-refractivity contribution in [3.63, 3.8) is 0 Å². The van der Waals surface area contributed by atoms with Gasteiger partial charge in [-0.2, -0.15) is 4.98 Å². The molecule has 1 aliphatic heterocycles. The number of aromatic nitrogens is 2. The molecule has 0 spiro atoms. The van der Waals surface area contributed by atoms with Gasteiger partial charge < -0.3 is 15.2 Å². The van der Waals surface area contributed by atoms with E-state index in [2.05, 4.69) is 22.1 Å². The third-order valence-corrected chi connectivity index (χ3v) is 3.10. The van der Waals surface area contributed by atoms with Gasteiger partial charge in [0.1, 0.15) is 0 Å². The van der Waals surface area contributed by atoms with Gasteiger partial charge in [0.25, 0.3) is 0 Å². The summed E-state index contributed by atoms with van der Waals surface area (Å²) in [7, 11) is 2.15. The highest BCUT2D eigenvalue weighted by atomic mass is 16.5. The van der Waals surface area contributed by atoms with Crippen LogP contribution in [0.3, 0.4) is 0 Å². The summed E-state index contributed by atoms with van der Waals surface area (Å²) in [5.41, 5.74) is 5.69. The maximum Gasteiger partial charge on any atom is 0.228 e. The largest absolute Gasteiger partial charge is 0.339 e. The summed E-state index contributed by atoms with van der Waals surface area (Å²) in [4.78, 5) is 6.72. The van der Waals surface area contributed by atoms with Crippen LogP contribution < -0.4 is 5.73 Å². The quantitative estimate of drug-likeness (QED) is 0.811. The maximum absolute atomic E-state index is 5.69. The number of likely N-dealkylation sites (tertiary alicyclic amines) is 1. The lowest BCUT2D eigenvalue weighted by molar-refractivity contribution is 0.278. The zero-order chi connectivity index (χ0) is 11.5. The minimum Gasteiger partial charge on any atom is -0.339 e. The number of hydrogen-bond acceptors (Lipinski definition) is 5. The van der Waals surface area contributed by atoms with E-state index in [1.54, 1.807) is 0 Å².